The van der Waals surface area contributed by atoms with E-state index in [4.69, 9.17) is 9.15 Å². The van der Waals surface area contributed by atoms with Gasteiger partial charge in [-0.3, -0.25) is 0 Å². The van der Waals surface area contributed by atoms with E-state index in [1.54, 1.807) is 0 Å². The second kappa shape index (κ2) is 6.16. The minimum Gasteiger partial charge on any atom is -0.419 e. The Labute approximate surface area is 116 Å². The van der Waals surface area contributed by atoms with Crippen LogP contribution < -0.4 is 4.72 Å². The molecule has 0 aliphatic heterocycles. The van der Waals surface area contributed by atoms with Crippen molar-refractivity contribution in [3.63, 3.8) is 0 Å². The van der Waals surface area contributed by atoms with Gasteiger partial charge in [-0.2, -0.15) is 0 Å². The Morgan fingerprint density at radius 1 is 1.45 bits per heavy atom. The first kappa shape index (κ1) is 14.7. The standard InChI is InChI=1S/C11H16N4O4S/c1-3-10-14-15-11(19-10)9-6-8(7-12-9)20(16,17)13-4-5-18-2/h6-7,12-13H,3-5H2,1-2H3. The Kier molecular flexibility index (Phi) is 4.53. The van der Waals surface area contributed by atoms with Crippen LogP contribution in [-0.2, 0) is 21.2 Å². The molecule has 2 N–H and O–H groups in total. The van der Waals surface area contributed by atoms with Crippen LogP contribution in [0.3, 0.4) is 0 Å². The molecular weight excluding hydrogens is 284 g/mol. The first-order valence-electron chi connectivity index (χ1n) is 6.06. The predicted molar refractivity (Wildman–Crippen MR) is 70.5 cm³/mol. The Bertz CT molecular complexity index is 662. The molecule has 2 rings (SSSR count). The first-order valence-corrected chi connectivity index (χ1v) is 7.55. The van der Waals surface area contributed by atoms with Gasteiger partial charge < -0.3 is 14.1 Å². The van der Waals surface area contributed by atoms with Crippen LogP contribution in [0.15, 0.2) is 21.6 Å². The fourth-order valence-corrected chi connectivity index (χ4v) is 2.53. The molecule has 0 aliphatic carbocycles. The lowest BCUT2D eigenvalue weighted by Gasteiger charge is -2.03. The summed E-state index contributed by atoms with van der Waals surface area (Å²) in [5.74, 6) is 0.761. The molecule has 20 heavy (non-hydrogen) atoms. The highest BCUT2D eigenvalue weighted by Gasteiger charge is 2.18. The van der Waals surface area contributed by atoms with Gasteiger partial charge in [0.05, 0.1) is 6.61 Å². The lowest BCUT2D eigenvalue weighted by Crippen LogP contribution is -2.26. The van der Waals surface area contributed by atoms with E-state index in [1.807, 2.05) is 6.92 Å². The quantitative estimate of drug-likeness (QED) is 0.723. The summed E-state index contributed by atoms with van der Waals surface area (Å²) in [7, 11) is -2.07. The van der Waals surface area contributed by atoms with Crippen LogP contribution in [0, 0.1) is 0 Å². The SMILES string of the molecule is CCc1nnc(-c2cc(S(=O)(=O)NCCOC)c[nH]2)o1. The maximum Gasteiger partial charge on any atom is 0.264 e. The number of nitrogens with zero attached hydrogens (tertiary/aromatic N) is 2. The van der Waals surface area contributed by atoms with E-state index in [2.05, 4.69) is 19.9 Å². The van der Waals surface area contributed by atoms with Crippen LogP contribution in [-0.4, -0.2) is 43.9 Å². The van der Waals surface area contributed by atoms with Gasteiger partial charge in [0.25, 0.3) is 5.89 Å². The van der Waals surface area contributed by atoms with Crippen LogP contribution >= 0.6 is 0 Å². The largest absolute Gasteiger partial charge is 0.419 e. The van der Waals surface area contributed by atoms with Crippen molar-refractivity contribution in [2.75, 3.05) is 20.3 Å². The Balaban J connectivity index is 2.15. The van der Waals surface area contributed by atoms with Crippen molar-refractivity contribution in [3.05, 3.63) is 18.2 Å². The smallest absolute Gasteiger partial charge is 0.264 e. The molecule has 0 radical (unpaired) electrons. The number of aromatic nitrogens is 3. The van der Waals surface area contributed by atoms with E-state index in [0.717, 1.165) is 0 Å². The Morgan fingerprint density at radius 2 is 2.25 bits per heavy atom. The number of nitrogens with one attached hydrogen (secondary N) is 2. The average Bonchev–Trinajstić information content (AvgIpc) is 3.07. The van der Waals surface area contributed by atoms with E-state index < -0.39 is 10.0 Å². The molecule has 0 unspecified atom stereocenters. The number of aryl methyl sites for hydroxylation is 1. The van der Waals surface area contributed by atoms with Crippen LogP contribution in [0.5, 0.6) is 0 Å². The summed E-state index contributed by atoms with van der Waals surface area (Å²) in [4.78, 5) is 2.92. The van der Waals surface area contributed by atoms with Crippen LogP contribution in [0.1, 0.15) is 12.8 Å². The topological polar surface area (TPSA) is 110 Å². The molecule has 8 nitrogen and oxygen atoms in total. The van der Waals surface area contributed by atoms with Crippen molar-refractivity contribution in [2.24, 2.45) is 0 Å². The summed E-state index contributed by atoms with van der Waals surface area (Å²) in [5.41, 5.74) is 0.462. The molecule has 0 fully saturated rings. The maximum atomic E-state index is 12.0. The fraction of sp³-hybridized carbons (Fsp3) is 0.455. The highest BCUT2D eigenvalue weighted by atomic mass is 32.2. The summed E-state index contributed by atoms with van der Waals surface area (Å²) < 4.78 is 36.5. The van der Waals surface area contributed by atoms with Gasteiger partial charge in [0.15, 0.2) is 0 Å². The summed E-state index contributed by atoms with van der Waals surface area (Å²) in [6, 6.07) is 1.45. The summed E-state index contributed by atoms with van der Waals surface area (Å²) in [6.07, 6.45) is 2.00. The molecule has 9 heteroatoms. The third-order valence-corrected chi connectivity index (χ3v) is 4.01. The van der Waals surface area contributed by atoms with Gasteiger partial charge in [-0.15, -0.1) is 10.2 Å². The van der Waals surface area contributed by atoms with E-state index in [-0.39, 0.29) is 17.3 Å². The maximum absolute atomic E-state index is 12.0. The number of methoxy groups -OCH3 is 1. The average molecular weight is 300 g/mol. The lowest BCUT2D eigenvalue weighted by molar-refractivity contribution is 0.204. The lowest BCUT2D eigenvalue weighted by atomic mass is 10.4. The zero-order valence-corrected chi connectivity index (χ0v) is 12.0. The number of sulfonamides is 1. The molecule has 2 aromatic rings. The minimum atomic E-state index is -3.57. The summed E-state index contributed by atoms with van der Waals surface area (Å²) in [6.45, 7) is 2.40. The number of H-pyrrole nitrogens is 1. The van der Waals surface area contributed by atoms with Crippen LogP contribution in [0.2, 0.25) is 0 Å². The van der Waals surface area contributed by atoms with Crippen LogP contribution in [0.4, 0.5) is 0 Å². The number of aromatic amines is 1. The number of ether oxygens (including phenoxy) is 1. The molecule has 0 saturated heterocycles. The van der Waals surface area contributed by atoms with E-state index in [0.29, 0.717) is 24.6 Å². The van der Waals surface area contributed by atoms with Gasteiger partial charge in [-0.25, -0.2) is 13.1 Å². The molecular formula is C11H16N4O4S. The summed E-state index contributed by atoms with van der Waals surface area (Å²) in [5, 5.41) is 7.67. The van der Waals surface area contributed by atoms with Crippen molar-refractivity contribution in [1.29, 1.82) is 0 Å². The normalized spacial score (nSPS) is 11.9. The highest BCUT2D eigenvalue weighted by molar-refractivity contribution is 7.89. The fourth-order valence-electron chi connectivity index (χ4n) is 1.52. The molecule has 0 bridgehead atoms. The molecule has 0 aliphatic rings. The molecule has 2 aromatic heterocycles. The van der Waals surface area contributed by atoms with Gasteiger partial charge in [0.1, 0.15) is 10.6 Å². The van der Waals surface area contributed by atoms with Crippen molar-refractivity contribution < 1.29 is 17.6 Å². The zero-order chi connectivity index (χ0) is 14.6. The molecule has 110 valence electrons. The van der Waals surface area contributed by atoms with E-state index in [1.165, 1.54) is 19.4 Å². The predicted octanol–water partition coefficient (Wildman–Crippen LogP) is 0.552. The third-order valence-electron chi connectivity index (χ3n) is 2.56. The molecule has 0 atom stereocenters. The van der Waals surface area contributed by atoms with Gasteiger partial charge in [-0.1, -0.05) is 6.92 Å². The van der Waals surface area contributed by atoms with E-state index in [9.17, 15) is 8.42 Å². The number of rotatable bonds is 7. The van der Waals surface area contributed by atoms with Crippen LogP contribution in [0.25, 0.3) is 11.6 Å². The first-order chi connectivity index (χ1) is 9.56. The molecule has 0 aromatic carbocycles. The second-order valence-electron chi connectivity index (χ2n) is 3.99. The highest BCUT2D eigenvalue weighted by Crippen LogP contribution is 2.20. The van der Waals surface area contributed by atoms with Crippen molar-refractivity contribution in [1.82, 2.24) is 19.9 Å². The minimum absolute atomic E-state index is 0.111. The Hall–Kier alpha value is -1.71. The van der Waals surface area contributed by atoms with Gasteiger partial charge in [-0.05, 0) is 6.07 Å². The van der Waals surface area contributed by atoms with Crippen molar-refractivity contribution in [2.45, 2.75) is 18.2 Å². The van der Waals surface area contributed by atoms with Gasteiger partial charge in [0, 0.05) is 26.3 Å². The Morgan fingerprint density at radius 3 is 2.90 bits per heavy atom. The number of hydrogen-bond acceptors (Lipinski definition) is 6. The zero-order valence-electron chi connectivity index (χ0n) is 11.2. The molecule has 0 spiro atoms. The van der Waals surface area contributed by atoms with Gasteiger partial charge >= 0.3 is 0 Å². The monoisotopic (exact) mass is 300 g/mol. The summed E-state index contributed by atoms with van der Waals surface area (Å²) >= 11 is 0. The third kappa shape index (κ3) is 3.24. The molecule has 0 saturated carbocycles. The van der Waals surface area contributed by atoms with Gasteiger partial charge in [0.2, 0.25) is 15.9 Å². The number of hydrogen-bond donors (Lipinski definition) is 2. The second-order valence-corrected chi connectivity index (χ2v) is 5.76. The molecule has 2 heterocycles. The van der Waals surface area contributed by atoms with Crippen molar-refractivity contribution in [3.8, 4) is 11.6 Å². The van der Waals surface area contributed by atoms with Crippen molar-refractivity contribution >= 4 is 10.0 Å². The van der Waals surface area contributed by atoms with E-state index >= 15 is 0 Å². The molecule has 0 amide bonds.